The van der Waals surface area contributed by atoms with E-state index in [4.69, 9.17) is 16.3 Å². The molecule has 3 aromatic rings. The van der Waals surface area contributed by atoms with Gasteiger partial charge in [-0.2, -0.15) is 0 Å². The van der Waals surface area contributed by atoms with E-state index in [1.54, 1.807) is 31.4 Å². The fourth-order valence-electron chi connectivity index (χ4n) is 2.77. The number of rotatable bonds is 5. The molecule has 0 bridgehead atoms. The summed E-state index contributed by atoms with van der Waals surface area (Å²) in [5.41, 5.74) is 2.70. The summed E-state index contributed by atoms with van der Waals surface area (Å²) in [4.78, 5) is 27.3. The predicted molar refractivity (Wildman–Crippen MR) is 104 cm³/mol. The van der Waals surface area contributed by atoms with Gasteiger partial charge in [-0.3, -0.25) is 9.59 Å². The Hall–Kier alpha value is -2.79. The summed E-state index contributed by atoms with van der Waals surface area (Å²) < 4.78 is 5.16. The Morgan fingerprint density at radius 1 is 1.19 bits per heavy atom. The summed E-state index contributed by atoms with van der Waals surface area (Å²) in [5, 5.41) is 4.38. The van der Waals surface area contributed by atoms with Crippen molar-refractivity contribution in [1.29, 1.82) is 0 Å². The molecule has 1 amide bonds. The molecule has 0 spiro atoms. The number of hydrogen-bond acceptors (Lipinski definition) is 3. The van der Waals surface area contributed by atoms with Gasteiger partial charge in [0, 0.05) is 28.8 Å². The highest BCUT2D eigenvalue weighted by atomic mass is 35.5. The number of pyridine rings is 1. The molecule has 6 heteroatoms. The number of carbonyl (C=O) groups excluding carboxylic acids is 1. The Morgan fingerprint density at radius 2 is 2.00 bits per heavy atom. The quantitative estimate of drug-likeness (QED) is 0.711. The number of benzene rings is 2. The molecule has 134 valence electrons. The molecule has 2 N–H and O–H groups in total. The van der Waals surface area contributed by atoms with Crippen LogP contribution in [0.15, 0.2) is 47.3 Å². The van der Waals surface area contributed by atoms with E-state index >= 15 is 0 Å². The summed E-state index contributed by atoms with van der Waals surface area (Å²) in [6, 6.07) is 12.6. The second-order valence-electron chi connectivity index (χ2n) is 6.08. The van der Waals surface area contributed by atoms with E-state index in [0.717, 1.165) is 16.6 Å². The topological polar surface area (TPSA) is 71.2 Å². The number of aromatic nitrogens is 1. The van der Waals surface area contributed by atoms with Crippen LogP contribution in [0.3, 0.4) is 0 Å². The van der Waals surface area contributed by atoms with Gasteiger partial charge >= 0.3 is 0 Å². The van der Waals surface area contributed by atoms with Gasteiger partial charge in [-0.15, -0.1) is 0 Å². The van der Waals surface area contributed by atoms with Crippen LogP contribution in [0.1, 0.15) is 17.5 Å². The Balaban J connectivity index is 1.71. The van der Waals surface area contributed by atoms with Crippen LogP contribution in [-0.4, -0.2) is 18.0 Å². The number of amides is 1. The Labute approximate surface area is 156 Å². The lowest BCUT2D eigenvalue weighted by atomic mass is 10.1. The smallest absolute Gasteiger partial charge is 0.251 e. The maximum Gasteiger partial charge on any atom is 0.251 e. The fourth-order valence-corrected chi connectivity index (χ4v) is 2.99. The van der Waals surface area contributed by atoms with Crippen molar-refractivity contribution >= 4 is 34.1 Å². The zero-order valence-electron chi connectivity index (χ0n) is 14.6. The maximum atomic E-state index is 12.3. The van der Waals surface area contributed by atoms with Crippen molar-refractivity contribution in [2.45, 2.75) is 19.8 Å². The van der Waals surface area contributed by atoms with Crippen LogP contribution in [0.4, 0.5) is 5.69 Å². The number of aryl methyl sites for hydroxylation is 2. The van der Waals surface area contributed by atoms with Gasteiger partial charge in [-0.25, -0.2) is 0 Å². The molecule has 26 heavy (non-hydrogen) atoms. The van der Waals surface area contributed by atoms with E-state index in [2.05, 4.69) is 10.3 Å². The van der Waals surface area contributed by atoms with E-state index < -0.39 is 0 Å². The molecule has 0 aliphatic carbocycles. The third kappa shape index (κ3) is 4.06. The molecule has 0 saturated carbocycles. The average Bonchev–Trinajstić information content (AvgIpc) is 2.61. The van der Waals surface area contributed by atoms with Gasteiger partial charge in [0.15, 0.2) is 0 Å². The molecular weight excluding hydrogens is 352 g/mol. The standard InChI is InChI=1S/C20H19ClN2O3/c1-12-9-15(21)5-7-17(12)22-19(24)8-4-14-10-13-3-6-16(26-2)11-18(13)23-20(14)25/h3,5-7,9-11H,4,8H2,1-2H3,(H,22,24)(H,23,25). The van der Waals surface area contributed by atoms with Crippen molar-refractivity contribution in [2.24, 2.45) is 0 Å². The first-order valence-electron chi connectivity index (χ1n) is 8.22. The Morgan fingerprint density at radius 3 is 2.73 bits per heavy atom. The first-order chi connectivity index (χ1) is 12.5. The van der Waals surface area contributed by atoms with E-state index in [0.29, 0.717) is 28.3 Å². The van der Waals surface area contributed by atoms with Crippen molar-refractivity contribution in [2.75, 3.05) is 12.4 Å². The molecular formula is C20H19ClN2O3. The fraction of sp³-hybridized carbons (Fsp3) is 0.200. The monoisotopic (exact) mass is 370 g/mol. The third-order valence-electron chi connectivity index (χ3n) is 4.21. The van der Waals surface area contributed by atoms with Gasteiger partial charge in [0.1, 0.15) is 5.75 Å². The SMILES string of the molecule is COc1ccc2cc(CCC(=O)Nc3ccc(Cl)cc3C)c(=O)[nH]c2c1. The summed E-state index contributed by atoms with van der Waals surface area (Å²) in [5.74, 6) is 0.531. The van der Waals surface area contributed by atoms with Crippen LogP contribution < -0.4 is 15.6 Å². The van der Waals surface area contributed by atoms with E-state index in [-0.39, 0.29) is 17.9 Å². The summed E-state index contributed by atoms with van der Waals surface area (Å²) in [6.07, 6.45) is 0.572. The maximum absolute atomic E-state index is 12.3. The molecule has 5 nitrogen and oxygen atoms in total. The Kier molecular flexibility index (Phi) is 5.28. The number of H-pyrrole nitrogens is 1. The summed E-state index contributed by atoms with van der Waals surface area (Å²) >= 11 is 5.92. The largest absolute Gasteiger partial charge is 0.497 e. The lowest BCUT2D eigenvalue weighted by molar-refractivity contribution is -0.116. The third-order valence-corrected chi connectivity index (χ3v) is 4.45. The molecule has 1 aromatic heterocycles. The van der Waals surface area contributed by atoms with Crippen molar-refractivity contribution in [1.82, 2.24) is 4.98 Å². The number of carbonyl (C=O) groups is 1. The van der Waals surface area contributed by atoms with Gasteiger partial charge in [-0.1, -0.05) is 11.6 Å². The van der Waals surface area contributed by atoms with Gasteiger partial charge < -0.3 is 15.0 Å². The number of halogens is 1. The molecule has 0 atom stereocenters. The minimum Gasteiger partial charge on any atom is -0.497 e. The highest BCUT2D eigenvalue weighted by Crippen LogP contribution is 2.21. The predicted octanol–water partition coefficient (Wildman–Crippen LogP) is 4.07. The van der Waals surface area contributed by atoms with Crippen LogP contribution in [0, 0.1) is 6.92 Å². The molecule has 0 aliphatic rings. The number of anilines is 1. The molecule has 2 aromatic carbocycles. The number of methoxy groups -OCH3 is 1. The molecule has 0 fully saturated rings. The number of ether oxygens (including phenoxy) is 1. The van der Waals surface area contributed by atoms with Crippen LogP contribution in [0.5, 0.6) is 5.75 Å². The summed E-state index contributed by atoms with van der Waals surface area (Å²) in [6.45, 7) is 1.88. The van der Waals surface area contributed by atoms with Gasteiger partial charge in [0.2, 0.25) is 5.91 Å². The minimum atomic E-state index is -0.193. The number of hydrogen-bond donors (Lipinski definition) is 2. The lowest BCUT2D eigenvalue weighted by Crippen LogP contribution is -2.17. The van der Waals surface area contributed by atoms with Crippen molar-refractivity contribution < 1.29 is 9.53 Å². The molecule has 0 unspecified atom stereocenters. The van der Waals surface area contributed by atoms with E-state index in [1.807, 2.05) is 25.1 Å². The highest BCUT2D eigenvalue weighted by Gasteiger charge is 2.09. The second kappa shape index (κ2) is 7.62. The first kappa shape index (κ1) is 18.0. The summed E-state index contributed by atoms with van der Waals surface area (Å²) in [7, 11) is 1.58. The first-order valence-corrected chi connectivity index (χ1v) is 8.60. The zero-order chi connectivity index (χ0) is 18.7. The van der Waals surface area contributed by atoms with Crippen LogP contribution >= 0.6 is 11.6 Å². The number of aromatic amines is 1. The molecule has 0 radical (unpaired) electrons. The molecule has 0 saturated heterocycles. The highest BCUT2D eigenvalue weighted by molar-refractivity contribution is 6.30. The van der Waals surface area contributed by atoms with Crippen molar-refractivity contribution in [3.8, 4) is 5.75 Å². The minimum absolute atomic E-state index is 0.148. The molecule has 3 rings (SSSR count). The normalized spacial score (nSPS) is 10.7. The number of nitrogens with one attached hydrogen (secondary N) is 2. The average molecular weight is 371 g/mol. The second-order valence-corrected chi connectivity index (χ2v) is 6.52. The van der Waals surface area contributed by atoms with E-state index in [1.165, 1.54) is 0 Å². The van der Waals surface area contributed by atoms with Crippen molar-refractivity contribution in [3.05, 3.63) is 69.0 Å². The van der Waals surface area contributed by atoms with Crippen molar-refractivity contribution in [3.63, 3.8) is 0 Å². The molecule has 1 heterocycles. The van der Waals surface area contributed by atoms with Gasteiger partial charge in [0.05, 0.1) is 12.6 Å². The zero-order valence-corrected chi connectivity index (χ0v) is 15.3. The number of fused-ring (bicyclic) bond motifs is 1. The van der Waals surface area contributed by atoms with Gasteiger partial charge in [0.25, 0.3) is 5.56 Å². The van der Waals surface area contributed by atoms with Crippen LogP contribution in [-0.2, 0) is 11.2 Å². The lowest BCUT2D eigenvalue weighted by Gasteiger charge is -2.09. The Bertz CT molecular complexity index is 1030. The van der Waals surface area contributed by atoms with E-state index in [9.17, 15) is 9.59 Å². The van der Waals surface area contributed by atoms with Gasteiger partial charge in [-0.05, 0) is 60.7 Å². The molecule has 0 aliphatic heterocycles. The van der Waals surface area contributed by atoms with Crippen LogP contribution in [0.2, 0.25) is 5.02 Å². The van der Waals surface area contributed by atoms with Crippen LogP contribution in [0.25, 0.3) is 10.9 Å².